The standard InChI is InChI=1S/C16H20F2O2/c1-2-3-10-4-6-11(7-5-10)12-8-13(17)15(16(19)20)14(18)9-12/h8-11H,2-7H2,1H3,(H,19,20). The van der Waals surface area contributed by atoms with Crippen molar-refractivity contribution in [1.82, 2.24) is 0 Å². The van der Waals surface area contributed by atoms with Crippen LogP contribution in [0.5, 0.6) is 0 Å². The smallest absolute Gasteiger partial charge is 0.341 e. The topological polar surface area (TPSA) is 37.3 Å². The molecule has 20 heavy (non-hydrogen) atoms. The Morgan fingerprint density at radius 2 is 1.75 bits per heavy atom. The third kappa shape index (κ3) is 3.17. The normalized spacial score (nSPS) is 22.8. The lowest BCUT2D eigenvalue weighted by molar-refractivity contribution is 0.0686. The third-order valence-corrected chi connectivity index (χ3v) is 4.29. The van der Waals surface area contributed by atoms with Crippen LogP contribution in [-0.4, -0.2) is 11.1 Å². The Hall–Kier alpha value is -1.45. The maximum absolute atomic E-state index is 13.7. The molecule has 2 nitrogen and oxygen atoms in total. The molecular formula is C16H20F2O2. The van der Waals surface area contributed by atoms with E-state index >= 15 is 0 Å². The van der Waals surface area contributed by atoms with E-state index in [9.17, 15) is 13.6 Å². The number of hydrogen-bond donors (Lipinski definition) is 1. The third-order valence-electron chi connectivity index (χ3n) is 4.29. The Morgan fingerprint density at radius 1 is 1.20 bits per heavy atom. The van der Waals surface area contributed by atoms with E-state index < -0.39 is 23.2 Å². The average molecular weight is 282 g/mol. The summed E-state index contributed by atoms with van der Waals surface area (Å²) in [7, 11) is 0. The van der Waals surface area contributed by atoms with E-state index in [0.29, 0.717) is 5.56 Å². The molecule has 0 saturated heterocycles. The van der Waals surface area contributed by atoms with E-state index in [2.05, 4.69) is 6.92 Å². The molecule has 0 bridgehead atoms. The lowest BCUT2D eigenvalue weighted by atomic mass is 9.77. The first-order valence-electron chi connectivity index (χ1n) is 7.25. The van der Waals surface area contributed by atoms with Gasteiger partial charge in [-0.15, -0.1) is 0 Å². The molecular weight excluding hydrogens is 262 g/mol. The number of halogens is 2. The Bertz CT molecular complexity index is 468. The summed E-state index contributed by atoms with van der Waals surface area (Å²) in [5, 5.41) is 8.76. The highest BCUT2D eigenvalue weighted by Crippen LogP contribution is 2.38. The summed E-state index contributed by atoms with van der Waals surface area (Å²) in [4.78, 5) is 10.8. The maximum Gasteiger partial charge on any atom is 0.341 e. The quantitative estimate of drug-likeness (QED) is 0.866. The average Bonchev–Trinajstić information content (AvgIpc) is 2.38. The van der Waals surface area contributed by atoms with Gasteiger partial charge in [-0.1, -0.05) is 19.8 Å². The van der Waals surface area contributed by atoms with Crippen LogP contribution in [0.3, 0.4) is 0 Å². The zero-order valence-electron chi connectivity index (χ0n) is 11.7. The van der Waals surface area contributed by atoms with E-state index in [1.807, 2.05) is 0 Å². The second-order valence-electron chi connectivity index (χ2n) is 5.67. The van der Waals surface area contributed by atoms with Gasteiger partial charge in [-0.25, -0.2) is 13.6 Å². The van der Waals surface area contributed by atoms with Crippen LogP contribution < -0.4 is 0 Å². The summed E-state index contributed by atoms with van der Waals surface area (Å²) >= 11 is 0. The minimum absolute atomic E-state index is 0.148. The maximum atomic E-state index is 13.7. The van der Waals surface area contributed by atoms with Crippen LogP contribution in [-0.2, 0) is 0 Å². The predicted molar refractivity (Wildman–Crippen MR) is 72.9 cm³/mol. The number of carboxylic acid groups (broad SMARTS) is 1. The summed E-state index contributed by atoms with van der Waals surface area (Å²) in [5.74, 6) is -2.62. The van der Waals surface area contributed by atoms with E-state index in [1.165, 1.54) is 25.0 Å². The molecule has 1 aromatic carbocycles. The number of carbonyl (C=O) groups is 1. The fourth-order valence-electron chi connectivity index (χ4n) is 3.23. The second-order valence-corrected chi connectivity index (χ2v) is 5.67. The molecule has 0 radical (unpaired) electrons. The number of benzene rings is 1. The molecule has 0 amide bonds. The number of rotatable bonds is 4. The lowest BCUT2D eigenvalue weighted by Crippen LogP contribution is -2.14. The van der Waals surface area contributed by atoms with Crippen LogP contribution in [0.1, 0.15) is 67.3 Å². The van der Waals surface area contributed by atoms with Gasteiger partial charge in [0.1, 0.15) is 17.2 Å². The van der Waals surface area contributed by atoms with Crippen molar-refractivity contribution in [2.75, 3.05) is 0 Å². The fraction of sp³-hybridized carbons (Fsp3) is 0.562. The zero-order chi connectivity index (χ0) is 14.7. The predicted octanol–water partition coefficient (Wildman–Crippen LogP) is 4.74. The first-order chi connectivity index (χ1) is 9.52. The second kappa shape index (κ2) is 6.33. The number of carboxylic acids is 1. The molecule has 2 rings (SSSR count). The van der Waals surface area contributed by atoms with Crippen molar-refractivity contribution in [3.63, 3.8) is 0 Å². The summed E-state index contributed by atoms with van der Waals surface area (Å²) in [6.07, 6.45) is 6.41. The van der Waals surface area contributed by atoms with Gasteiger partial charge in [-0.3, -0.25) is 0 Å². The van der Waals surface area contributed by atoms with Crippen LogP contribution in [0.2, 0.25) is 0 Å². The van der Waals surface area contributed by atoms with E-state index in [-0.39, 0.29) is 5.92 Å². The first-order valence-corrected chi connectivity index (χ1v) is 7.25. The van der Waals surface area contributed by atoms with Crippen LogP contribution in [0.25, 0.3) is 0 Å². The molecule has 4 heteroatoms. The van der Waals surface area contributed by atoms with Crippen molar-refractivity contribution in [3.8, 4) is 0 Å². The van der Waals surface area contributed by atoms with E-state index in [4.69, 9.17) is 5.11 Å². The molecule has 0 heterocycles. The van der Waals surface area contributed by atoms with Crippen LogP contribution >= 0.6 is 0 Å². The zero-order valence-corrected chi connectivity index (χ0v) is 11.7. The highest BCUT2D eigenvalue weighted by atomic mass is 19.1. The molecule has 0 atom stereocenters. The lowest BCUT2D eigenvalue weighted by Gasteiger charge is -2.28. The van der Waals surface area contributed by atoms with Gasteiger partial charge in [0.25, 0.3) is 0 Å². The van der Waals surface area contributed by atoms with Crippen molar-refractivity contribution >= 4 is 5.97 Å². The van der Waals surface area contributed by atoms with E-state index in [1.54, 1.807) is 0 Å². The van der Waals surface area contributed by atoms with Gasteiger partial charge >= 0.3 is 5.97 Å². The summed E-state index contributed by atoms with van der Waals surface area (Å²) < 4.78 is 27.4. The molecule has 1 N–H and O–H groups in total. The highest BCUT2D eigenvalue weighted by molar-refractivity contribution is 5.88. The number of aromatic carboxylic acids is 1. The van der Waals surface area contributed by atoms with Crippen LogP contribution in [0.15, 0.2) is 12.1 Å². The van der Waals surface area contributed by atoms with Gasteiger partial charge < -0.3 is 5.11 Å². The van der Waals surface area contributed by atoms with Gasteiger partial charge in [0.2, 0.25) is 0 Å². The number of hydrogen-bond acceptors (Lipinski definition) is 1. The molecule has 1 saturated carbocycles. The Balaban J connectivity index is 2.13. The summed E-state index contributed by atoms with van der Waals surface area (Å²) in [6, 6.07) is 2.38. The molecule has 1 aliphatic carbocycles. The van der Waals surface area contributed by atoms with Crippen molar-refractivity contribution in [2.24, 2.45) is 5.92 Å². The first kappa shape index (κ1) is 14.9. The molecule has 0 aromatic heterocycles. The van der Waals surface area contributed by atoms with Gasteiger partial charge in [-0.2, -0.15) is 0 Å². The molecule has 1 fully saturated rings. The van der Waals surface area contributed by atoms with Crippen molar-refractivity contribution in [2.45, 2.75) is 51.4 Å². The SMILES string of the molecule is CCCC1CCC(c2cc(F)c(C(=O)O)c(F)c2)CC1. The monoisotopic (exact) mass is 282 g/mol. The minimum Gasteiger partial charge on any atom is -0.477 e. The Morgan fingerprint density at radius 3 is 2.20 bits per heavy atom. The van der Waals surface area contributed by atoms with Gasteiger partial charge in [0.05, 0.1) is 0 Å². The van der Waals surface area contributed by atoms with E-state index in [0.717, 1.165) is 31.6 Å². The minimum atomic E-state index is -1.56. The van der Waals surface area contributed by atoms with Crippen molar-refractivity contribution < 1.29 is 18.7 Å². The van der Waals surface area contributed by atoms with Gasteiger partial charge in [0.15, 0.2) is 0 Å². The molecule has 1 aromatic rings. The fourth-order valence-corrected chi connectivity index (χ4v) is 3.23. The summed E-state index contributed by atoms with van der Waals surface area (Å²) in [6.45, 7) is 2.17. The van der Waals surface area contributed by atoms with Crippen molar-refractivity contribution in [3.05, 3.63) is 34.9 Å². The largest absolute Gasteiger partial charge is 0.477 e. The molecule has 0 unspecified atom stereocenters. The molecule has 0 aliphatic heterocycles. The molecule has 110 valence electrons. The van der Waals surface area contributed by atoms with Crippen LogP contribution in [0, 0.1) is 17.6 Å². The molecule has 1 aliphatic rings. The van der Waals surface area contributed by atoms with Gasteiger partial charge in [-0.05, 0) is 55.2 Å². The molecule has 0 spiro atoms. The van der Waals surface area contributed by atoms with Crippen molar-refractivity contribution in [1.29, 1.82) is 0 Å². The van der Waals surface area contributed by atoms with Gasteiger partial charge in [0, 0.05) is 0 Å². The highest BCUT2D eigenvalue weighted by Gasteiger charge is 2.25. The Labute approximate surface area is 117 Å². The Kier molecular flexibility index (Phi) is 4.73. The van der Waals surface area contributed by atoms with Crippen LogP contribution in [0.4, 0.5) is 8.78 Å². The summed E-state index contributed by atoms with van der Waals surface area (Å²) in [5.41, 5.74) is -0.256.